The van der Waals surface area contributed by atoms with Crippen LogP contribution < -0.4 is 15.4 Å². The molecule has 3 fully saturated rings. The third-order valence-electron chi connectivity index (χ3n) is 6.79. The number of aromatic nitrogens is 2. The molecule has 2 aromatic heterocycles. The summed E-state index contributed by atoms with van der Waals surface area (Å²) >= 11 is 1.73. The van der Waals surface area contributed by atoms with Crippen molar-refractivity contribution in [3.63, 3.8) is 0 Å². The van der Waals surface area contributed by atoms with Gasteiger partial charge in [0.25, 0.3) is 0 Å². The SMILES string of the molecule is COc1ccc(NC(=O)NC[C@H]2C[C@@H]3CCN2C[C@@H]3c2cc(-c3cccs3)nn2C)cc1. The zero-order valence-electron chi connectivity index (χ0n) is 18.5. The average Bonchev–Trinajstić information content (AvgIpc) is 3.48. The number of piperidine rings is 3. The second kappa shape index (κ2) is 8.96. The van der Waals surface area contributed by atoms with Crippen molar-refractivity contribution in [3.05, 3.63) is 53.5 Å². The summed E-state index contributed by atoms with van der Waals surface area (Å²) < 4.78 is 7.23. The summed E-state index contributed by atoms with van der Waals surface area (Å²) in [5, 5.41) is 12.8. The van der Waals surface area contributed by atoms with Gasteiger partial charge in [-0.3, -0.25) is 9.58 Å². The van der Waals surface area contributed by atoms with Gasteiger partial charge in [-0.2, -0.15) is 5.10 Å². The van der Waals surface area contributed by atoms with E-state index in [2.05, 4.69) is 50.8 Å². The summed E-state index contributed by atoms with van der Waals surface area (Å²) in [4.78, 5) is 16.1. The molecule has 1 unspecified atom stereocenters. The van der Waals surface area contributed by atoms with Gasteiger partial charge in [0.05, 0.1) is 12.0 Å². The van der Waals surface area contributed by atoms with Crippen LogP contribution in [0.3, 0.4) is 0 Å². The first-order valence-electron chi connectivity index (χ1n) is 11.1. The molecule has 7 nitrogen and oxygen atoms in total. The molecule has 0 spiro atoms. The zero-order chi connectivity index (χ0) is 22.1. The van der Waals surface area contributed by atoms with Gasteiger partial charge in [0, 0.05) is 43.5 Å². The second-order valence-corrected chi connectivity index (χ2v) is 9.61. The Morgan fingerprint density at radius 1 is 1.28 bits per heavy atom. The van der Waals surface area contributed by atoms with Gasteiger partial charge in [0.1, 0.15) is 11.4 Å². The Morgan fingerprint density at radius 2 is 2.12 bits per heavy atom. The highest BCUT2D eigenvalue weighted by Gasteiger charge is 2.41. The molecule has 32 heavy (non-hydrogen) atoms. The van der Waals surface area contributed by atoms with Crippen molar-refractivity contribution in [2.24, 2.45) is 13.0 Å². The first-order valence-corrected chi connectivity index (χ1v) is 12.0. The van der Waals surface area contributed by atoms with E-state index < -0.39 is 0 Å². The highest BCUT2D eigenvalue weighted by molar-refractivity contribution is 7.13. The van der Waals surface area contributed by atoms with E-state index in [0.717, 1.165) is 36.6 Å². The molecule has 0 saturated carbocycles. The van der Waals surface area contributed by atoms with Gasteiger partial charge in [-0.1, -0.05) is 6.07 Å². The lowest BCUT2D eigenvalue weighted by Gasteiger charge is -2.49. The third-order valence-corrected chi connectivity index (χ3v) is 7.69. The molecule has 6 rings (SSSR count). The molecule has 0 radical (unpaired) electrons. The number of carbonyl (C=O) groups excluding carboxylic acids is 1. The van der Waals surface area contributed by atoms with Crippen molar-refractivity contribution in [1.82, 2.24) is 20.0 Å². The Hall–Kier alpha value is -2.84. The number of carbonyl (C=O) groups is 1. The lowest BCUT2D eigenvalue weighted by molar-refractivity contribution is 0.0296. The Balaban J connectivity index is 1.18. The number of benzene rings is 1. The summed E-state index contributed by atoms with van der Waals surface area (Å²) in [7, 11) is 3.69. The Kier molecular flexibility index (Phi) is 5.89. The molecule has 3 aliphatic rings. The van der Waals surface area contributed by atoms with Crippen LogP contribution in [0.5, 0.6) is 5.75 Å². The molecular formula is C24H29N5O2S. The van der Waals surface area contributed by atoms with Gasteiger partial charge in [-0.05, 0) is 67.1 Å². The molecule has 2 bridgehead atoms. The minimum atomic E-state index is -0.165. The number of aryl methyl sites for hydroxylation is 1. The lowest BCUT2D eigenvalue weighted by atomic mass is 9.74. The van der Waals surface area contributed by atoms with Crippen molar-refractivity contribution in [1.29, 1.82) is 0 Å². The standard InChI is InChI=1S/C24H29N5O2S/c1-28-22(13-21(27-28)23-4-3-11-32-23)20-15-29-10-9-16(20)12-18(29)14-25-24(30)26-17-5-7-19(31-2)8-6-17/h3-8,11,13,16,18,20H,9-10,12,14-15H2,1-2H3,(H2,25,26,30)/t16-,18+,20-/m0/s1. The van der Waals surface area contributed by atoms with Crippen LogP contribution in [0.15, 0.2) is 47.8 Å². The van der Waals surface area contributed by atoms with Crippen LogP contribution >= 0.6 is 11.3 Å². The number of anilines is 1. The summed E-state index contributed by atoms with van der Waals surface area (Å²) in [6.45, 7) is 2.79. The second-order valence-electron chi connectivity index (χ2n) is 8.66. The summed E-state index contributed by atoms with van der Waals surface area (Å²) in [6, 6.07) is 14.1. The Bertz CT molecular complexity index is 1060. The van der Waals surface area contributed by atoms with Crippen LogP contribution in [0.2, 0.25) is 0 Å². The predicted octanol–water partition coefficient (Wildman–Crippen LogP) is 4.16. The molecule has 168 valence electrons. The lowest BCUT2D eigenvalue weighted by Crippen LogP contribution is -2.56. The maximum Gasteiger partial charge on any atom is 0.319 e. The number of urea groups is 1. The number of methoxy groups -OCH3 is 1. The first-order chi connectivity index (χ1) is 15.6. The molecule has 3 aliphatic heterocycles. The molecule has 3 aromatic rings. The molecule has 5 heterocycles. The number of thiophene rings is 1. The fourth-order valence-electron chi connectivity index (χ4n) is 5.12. The average molecular weight is 452 g/mol. The van der Waals surface area contributed by atoms with E-state index in [0.29, 0.717) is 24.4 Å². The first kappa shape index (κ1) is 21.0. The molecule has 2 amide bonds. The summed E-state index contributed by atoms with van der Waals surface area (Å²) in [6.07, 6.45) is 2.31. The van der Waals surface area contributed by atoms with E-state index in [1.54, 1.807) is 18.4 Å². The number of nitrogens with one attached hydrogen (secondary N) is 2. The number of fused-ring (bicyclic) bond motifs is 3. The Labute approximate surface area is 192 Å². The highest BCUT2D eigenvalue weighted by atomic mass is 32.1. The van der Waals surface area contributed by atoms with Crippen LogP contribution in [-0.4, -0.2) is 53.5 Å². The van der Waals surface area contributed by atoms with E-state index >= 15 is 0 Å². The molecule has 0 aliphatic carbocycles. The molecular weight excluding hydrogens is 422 g/mol. The summed E-state index contributed by atoms with van der Waals surface area (Å²) in [5.74, 6) is 1.90. The van der Waals surface area contributed by atoms with Gasteiger partial charge in [-0.25, -0.2) is 4.79 Å². The van der Waals surface area contributed by atoms with Crippen molar-refractivity contribution < 1.29 is 9.53 Å². The van der Waals surface area contributed by atoms with Crippen LogP contribution in [0.25, 0.3) is 10.6 Å². The minimum Gasteiger partial charge on any atom is -0.497 e. The highest BCUT2D eigenvalue weighted by Crippen LogP contribution is 2.42. The van der Waals surface area contributed by atoms with Gasteiger partial charge >= 0.3 is 6.03 Å². The fraction of sp³-hybridized carbons (Fsp3) is 0.417. The van der Waals surface area contributed by atoms with Gasteiger partial charge in [0.15, 0.2) is 0 Å². The van der Waals surface area contributed by atoms with E-state index in [4.69, 9.17) is 9.84 Å². The maximum absolute atomic E-state index is 12.4. The van der Waals surface area contributed by atoms with Crippen LogP contribution in [0.1, 0.15) is 24.5 Å². The van der Waals surface area contributed by atoms with Crippen LogP contribution in [0.4, 0.5) is 10.5 Å². The van der Waals surface area contributed by atoms with Crippen molar-refractivity contribution in [3.8, 4) is 16.3 Å². The summed E-state index contributed by atoms with van der Waals surface area (Å²) in [5.41, 5.74) is 3.15. The molecule has 3 saturated heterocycles. The minimum absolute atomic E-state index is 0.165. The van der Waals surface area contributed by atoms with Crippen molar-refractivity contribution in [2.75, 3.05) is 32.1 Å². The largest absolute Gasteiger partial charge is 0.497 e. The number of hydrogen-bond donors (Lipinski definition) is 2. The number of rotatable bonds is 6. The van der Waals surface area contributed by atoms with Gasteiger partial charge < -0.3 is 15.4 Å². The van der Waals surface area contributed by atoms with E-state index in [1.165, 1.54) is 17.0 Å². The van der Waals surface area contributed by atoms with Crippen molar-refractivity contribution >= 4 is 23.1 Å². The smallest absolute Gasteiger partial charge is 0.319 e. The molecule has 2 N–H and O–H groups in total. The number of ether oxygens (including phenoxy) is 1. The monoisotopic (exact) mass is 451 g/mol. The molecule has 8 heteroatoms. The Morgan fingerprint density at radius 3 is 2.81 bits per heavy atom. The topological polar surface area (TPSA) is 71.4 Å². The molecule has 4 atom stereocenters. The third kappa shape index (κ3) is 4.25. The zero-order valence-corrected chi connectivity index (χ0v) is 19.3. The number of nitrogens with zero attached hydrogens (tertiary/aromatic N) is 3. The predicted molar refractivity (Wildman–Crippen MR) is 127 cm³/mol. The molecule has 1 aromatic carbocycles. The maximum atomic E-state index is 12.4. The van der Waals surface area contributed by atoms with E-state index in [-0.39, 0.29) is 6.03 Å². The van der Waals surface area contributed by atoms with Crippen LogP contribution in [-0.2, 0) is 7.05 Å². The quantitative estimate of drug-likeness (QED) is 0.590. The van der Waals surface area contributed by atoms with Gasteiger partial charge in [-0.15, -0.1) is 11.3 Å². The fourth-order valence-corrected chi connectivity index (χ4v) is 5.80. The normalized spacial score (nSPS) is 24.3. The van der Waals surface area contributed by atoms with E-state index in [9.17, 15) is 4.79 Å². The van der Waals surface area contributed by atoms with Crippen molar-refractivity contribution in [2.45, 2.75) is 24.8 Å². The van der Waals surface area contributed by atoms with Crippen LogP contribution in [0, 0.1) is 5.92 Å². The number of hydrogen-bond acceptors (Lipinski definition) is 5. The van der Waals surface area contributed by atoms with Gasteiger partial charge in [0.2, 0.25) is 0 Å². The van der Waals surface area contributed by atoms with E-state index in [1.807, 2.05) is 24.3 Å². The number of amides is 2.